The van der Waals surface area contributed by atoms with Crippen LogP contribution in [-0.4, -0.2) is 35.1 Å². The van der Waals surface area contributed by atoms with E-state index in [4.69, 9.17) is 4.74 Å². The van der Waals surface area contributed by atoms with Gasteiger partial charge in [0, 0.05) is 18.4 Å². The molecule has 0 bridgehead atoms. The number of nitrogens with one attached hydrogen (secondary N) is 1. The minimum atomic E-state index is -0.141. The second-order valence-electron chi connectivity index (χ2n) is 7.08. The van der Waals surface area contributed by atoms with E-state index in [-0.39, 0.29) is 12.1 Å². The van der Waals surface area contributed by atoms with Crippen molar-refractivity contribution in [1.29, 1.82) is 0 Å². The molecule has 6 heteroatoms. The van der Waals surface area contributed by atoms with Crippen LogP contribution in [0.5, 0.6) is 5.75 Å². The van der Waals surface area contributed by atoms with Gasteiger partial charge >= 0.3 is 6.03 Å². The van der Waals surface area contributed by atoms with Gasteiger partial charge in [-0.25, -0.2) is 14.8 Å². The maximum Gasteiger partial charge on any atom is 0.318 e. The molecule has 0 radical (unpaired) electrons. The minimum absolute atomic E-state index is 0.0536. The number of carbonyl (C=O) groups is 1. The quantitative estimate of drug-likeness (QED) is 0.876. The van der Waals surface area contributed by atoms with Gasteiger partial charge in [-0.05, 0) is 62.8 Å². The van der Waals surface area contributed by atoms with Crippen molar-refractivity contribution < 1.29 is 9.53 Å². The summed E-state index contributed by atoms with van der Waals surface area (Å²) in [6.07, 6.45) is 4.46. The Hall–Kier alpha value is -2.63. The van der Waals surface area contributed by atoms with E-state index in [1.807, 2.05) is 38.1 Å². The Labute approximate surface area is 161 Å². The SMILES string of the molecule is COc1ccc([C@@H](C)N(C)C(=O)NCc2nc(C)c3c(n2)CCCC3)cc1. The molecule has 1 aromatic heterocycles. The van der Waals surface area contributed by atoms with Crippen LogP contribution in [0.1, 0.15) is 54.1 Å². The van der Waals surface area contributed by atoms with Crippen LogP contribution in [-0.2, 0) is 19.4 Å². The zero-order chi connectivity index (χ0) is 19.4. The van der Waals surface area contributed by atoms with Gasteiger partial charge in [-0.15, -0.1) is 0 Å². The van der Waals surface area contributed by atoms with Crippen molar-refractivity contribution in [3.05, 3.63) is 52.6 Å². The van der Waals surface area contributed by atoms with Crippen LogP contribution in [0.3, 0.4) is 0 Å². The summed E-state index contributed by atoms with van der Waals surface area (Å²) in [5, 5.41) is 2.94. The van der Waals surface area contributed by atoms with Gasteiger partial charge in [0.15, 0.2) is 0 Å². The highest BCUT2D eigenvalue weighted by Gasteiger charge is 2.19. The van der Waals surface area contributed by atoms with E-state index in [1.165, 1.54) is 18.4 Å². The van der Waals surface area contributed by atoms with Crippen LogP contribution in [0, 0.1) is 6.92 Å². The molecule has 0 unspecified atom stereocenters. The molecule has 1 N–H and O–H groups in total. The van der Waals surface area contributed by atoms with Crippen molar-refractivity contribution in [2.45, 2.75) is 52.1 Å². The predicted octanol–water partition coefficient (Wildman–Crippen LogP) is 3.58. The normalized spacial score (nSPS) is 14.2. The molecule has 2 amide bonds. The molecule has 1 heterocycles. The second kappa shape index (κ2) is 8.37. The number of ether oxygens (including phenoxy) is 1. The highest BCUT2D eigenvalue weighted by molar-refractivity contribution is 5.74. The molecule has 0 spiro atoms. The molecule has 6 nitrogen and oxygen atoms in total. The van der Waals surface area contributed by atoms with E-state index in [0.29, 0.717) is 12.4 Å². The third kappa shape index (κ3) is 4.38. The molecule has 1 aliphatic carbocycles. The number of aromatic nitrogens is 2. The number of hydrogen-bond acceptors (Lipinski definition) is 4. The van der Waals surface area contributed by atoms with Gasteiger partial charge < -0.3 is 15.0 Å². The first-order valence-electron chi connectivity index (χ1n) is 9.49. The van der Waals surface area contributed by atoms with Crippen LogP contribution < -0.4 is 10.1 Å². The van der Waals surface area contributed by atoms with Crippen LogP contribution in [0.25, 0.3) is 0 Å². The van der Waals surface area contributed by atoms with E-state index >= 15 is 0 Å². The van der Waals surface area contributed by atoms with Gasteiger partial charge in [0.2, 0.25) is 0 Å². The lowest BCUT2D eigenvalue weighted by atomic mass is 9.95. The number of methoxy groups -OCH3 is 1. The third-order valence-corrected chi connectivity index (χ3v) is 5.33. The van der Waals surface area contributed by atoms with Crippen molar-refractivity contribution in [3.8, 4) is 5.75 Å². The summed E-state index contributed by atoms with van der Waals surface area (Å²) in [6, 6.07) is 7.56. The number of fused-ring (bicyclic) bond motifs is 1. The third-order valence-electron chi connectivity index (χ3n) is 5.33. The number of rotatable bonds is 5. The Bertz CT molecular complexity index is 805. The minimum Gasteiger partial charge on any atom is -0.497 e. The molecule has 1 aromatic carbocycles. The Balaban J connectivity index is 1.62. The number of hydrogen-bond donors (Lipinski definition) is 1. The summed E-state index contributed by atoms with van der Waals surface area (Å²) in [5.74, 6) is 1.49. The van der Waals surface area contributed by atoms with Crippen molar-refractivity contribution >= 4 is 6.03 Å². The van der Waals surface area contributed by atoms with Crippen molar-refractivity contribution in [2.75, 3.05) is 14.2 Å². The average Bonchev–Trinajstić information content (AvgIpc) is 2.71. The van der Waals surface area contributed by atoms with Crippen LogP contribution >= 0.6 is 0 Å². The smallest absolute Gasteiger partial charge is 0.318 e. The summed E-state index contributed by atoms with van der Waals surface area (Å²) in [6.45, 7) is 4.38. The van der Waals surface area contributed by atoms with E-state index in [2.05, 4.69) is 15.3 Å². The second-order valence-corrected chi connectivity index (χ2v) is 7.08. The molecule has 27 heavy (non-hydrogen) atoms. The number of carbonyl (C=O) groups excluding carboxylic acids is 1. The Morgan fingerprint density at radius 2 is 1.93 bits per heavy atom. The molecule has 1 aliphatic rings. The lowest BCUT2D eigenvalue weighted by Crippen LogP contribution is -2.38. The van der Waals surface area contributed by atoms with Crippen molar-refractivity contribution in [2.24, 2.45) is 0 Å². The summed E-state index contributed by atoms with van der Waals surface area (Å²) < 4.78 is 5.19. The largest absolute Gasteiger partial charge is 0.497 e. The highest BCUT2D eigenvalue weighted by Crippen LogP contribution is 2.23. The lowest BCUT2D eigenvalue weighted by Gasteiger charge is -2.26. The fourth-order valence-electron chi connectivity index (χ4n) is 3.48. The predicted molar refractivity (Wildman–Crippen MR) is 105 cm³/mol. The first-order valence-corrected chi connectivity index (χ1v) is 9.49. The Morgan fingerprint density at radius 1 is 1.22 bits per heavy atom. The molecule has 0 aliphatic heterocycles. The average molecular weight is 368 g/mol. The van der Waals surface area contributed by atoms with Gasteiger partial charge in [-0.3, -0.25) is 0 Å². The highest BCUT2D eigenvalue weighted by atomic mass is 16.5. The lowest BCUT2D eigenvalue weighted by molar-refractivity contribution is 0.193. The van der Waals surface area contributed by atoms with E-state index in [9.17, 15) is 4.79 Å². The Kier molecular flexibility index (Phi) is 5.94. The number of benzene rings is 1. The molecular formula is C21H28N4O2. The topological polar surface area (TPSA) is 67.3 Å². The standard InChI is InChI=1S/C21H28N4O2/c1-14-18-7-5-6-8-19(18)24-20(23-14)13-22-21(26)25(3)15(2)16-9-11-17(27-4)12-10-16/h9-12,15H,5-8,13H2,1-4H3,(H,22,26)/t15-/m1/s1. The molecule has 0 fully saturated rings. The maximum absolute atomic E-state index is 12.6. The van der Waals surface area contributed by atoms with Crippen LogP contribution in [0.2, 0.25) is 0 Å². The summed E-state index contributed by atoms with van der Waals surface area (Å²) >= 11 is 0. The summed E-state index contributed by atoms with van der Waals surface area (Å²) in [5.41, 5.74) is 4.54. The molecule has 3 rings (SSSR count). The molecule has 0 saturated heterocycles. The Morgan fingerprint density at radius 3 is 2.63 bits per heavy atom. The van der Waals surface area contributed by atoms with Crippen LogP contribution in [0.4, 0.5) is 4.79 Å². The van der Waals surface area contributed by atoms with Gasteiger partial charge in [-0.1, -0.05) is 12.1 Å². The molecule has 144 valence electrons. The maximum atomic E-state index is 12.6. The van der Waals surface area contributed by atoms with E-state index < -0.39 is 0 Å². The molecule has 1 atom stereocenters. The van der Waals surface area contributed by atoms with Gasteiger partial charge in [0.1, 0.15) is 11.6 Å². The zero-order valence-corrected chi connectivity index (χ0v) is 16.6. The number of nitrogens with zero attached hydrogens (tertiary/aromatic N) is 3. The summed E-state index contributed by atoms with van der Waals surface area (Å²) in [4.78, 5) is 23.5. The van der Waals surface area contributed by atoms with Crippen molar-refractivity contribution in [1.82, 2.24) is 20.2 Å². The summed E-state index contributed by atoms with van der Waals surface area (Å²) in [7, 11) is 3.44. The van der Waals surface area contributed by atoms with E-state index in [0.717, 1.165) is 35.5 Å². The fourth-order valence-corrected chi connectivity index (χ4v) is 3.48. The first kappa shape index (κ1) is 19.1. The number of amides is 2. The van der Waals surface area contributed by atoms with E-state index in [1.54, 1.807) is 19.1 Å². The number of urea groups is 1. The van der Waals surface area contributed by atoms with Gasteiger partial charge in [-0.2, -0.15) is 0 Å². The van der Waals surface area contributed by atoms with Gasteiger partial charge in [0.05, 0.1) is 19.7 Å². The first-order chi connectivity index (χ1) is 13.0. The molecular weight excluding hydrogens is 340 g/mol. The van der Waals surface area contributed by atoms with Crippen molar-refractivity contribution in [3.63, 3.8) is 0 Å². The molecule has 2 aromatic rings. The monoisotopic (exact) mass is 368 g/mol. The fraction of sp³-hybridized carbons (Fsp3) is 0.476. The van der Waals surface area contributed by atoms with Crippen LogP contribution in [0.15, 0.2) is 24.3 Å². The van der Waals surface area contributed by atoms with Gasteiger partial charge in [0.25, 0.3) is 0 Å². The zero-order valence-electron chi connectivity index (χ0n) is 16.6. The molecule has 0 saturated carbocycles. The number of aryl methyl sites for hydroxylation is 2.